The fourth-order valence-electron chi connectivity index (χ4n) is 2.91. The van der Waals surface area contributed by atoms with Gasteiger partial charge in [-0.2, -0.15) is 25.3 Å². The second kappa shape index (κ2) is 16.6. The van der Waals surface area contributed by atoms with E-state index in [9.17, 15) is 0 Å². The Morgan fingerprint density at radius 1 is 0.607 bits per heavy atom. The third kappa shape index (κ3) is 11.3. The van der Waals surface area contributed by atoms with Gasteiger partial charge in [0.2, 0.25) is 0 Å². The lowest BCUT2D eigenvalue weighted by atomic mass is 10.3. The van der Waals surface area contributed by atoms with Gasteiger partial charge < -0.3 is 26.6 Å². The van der Waals surface area contributed by atoms with Crippen molar-refractivity contribution in [1.29, 1.82) is 0 Å². The second-order valence-corrected chi connectivity index (χ2v) is 12.7. The zero-order valence-electron chi connectivity index (χ0n) is 18.6. The molecule has 0 aromatic carbocycles. The Morgan fingerprint density at radius 2 is 0.893 bits per heavy atom. The Bertz CT molecular complexity index is 336. The van der Waals surface area contributed by atoms with Crippen LogP contribution in [0.5, 0.6) is 0 Å². The van der Waals surface area contributed by atoms with Gasteiger partial charge in [-0.15, -0.1) is 0 Å². The van der Waals surface area contributed by atoms with E-state index >= 15 is 0 Å². The van der Waals surface area contributed by atoms with E-state index in [0.717, 1.165) is 24.3 Å². The van der Waals surface area contributed by atoms with Crippen molar-refractivity contribution in [2.75, 3.05) is 37.9 Å². The van der Waals surface area contributed by atoms with Crippen LogP contribution in [0.2, 0.25) is 12.1 Å². The summed E-state index contributed by atoms with van der Waals surface area (Å²) in [5, 5.41) is 0. The molecule has 0 N–H and O–H groups in total. The van der Waals surface area contributed by atoms with Crippen molar-refractivity contribution >= 4 is 42.9 Å². The first-order valence-corrected chi connectivity index (χ1v) is 15.6. The summed E-state index contributed by atoms with van der Waals surface area (Å²) in [5.74, 6) is 1.51. The minimum absolute atomic E-state index is 0.0153. The molecule has 0 saturated heterocycles. The van der Waals surface area contributed by atoms with Gasteiger partial charge >= 0.3 is 17.6 Å². The minimum atomic E-state index is -2.89. The molecule has 0 amide bonds. The van der Waals surface area contributed by atoms with Crippen molar-refractivity contribution in [3.05, 3.63) is 0 Å². The van der Waals surface area contributed by atoms with Gasteiger partial charge in [0.1, 0.15) is 0 Å². The average molecular weight is 475 g/mol. The zero-order valence-corrected chi connectivity index (χ0v) is 22.4. The van der Waals surface area contributed by atoms with Crippen LogP contribution in [-0.4, -0.2) is 67.8 Å². The Hall–Kier alpha value is 0.894. The van der Waals surface area contributed by atoms with Gasteiger partial charge in [-0.25, -0.2) is 0 Å². The van der Waals surface area contributed by atoms with Crippen LogP contribution in [0, 0.1) is 0 Å². The van der Waals surface area contributed by atoms with Gasteiger partial charge in [0.25, 0.3) is 0 Å². The molecule has 170 valence electrons. The largest absolute Gasteiger partial charge is 0.501 e. The topological polar surface area (TPSA) is 55.4 Å². The van der Waals surface area contributed by atoms with Crippen molar-refractivity contribution < 1.29 is 26.6 Å². The number of thiol groups is 2. The van der Waals surface area contributed by atoms with E-state index in [2.05, 4.69) is 25.3 Å². The Morgan fingerprint density at radius 3 is 1.11 bits per heavy atom. The van der Waals surface area contributed by atoms with Gasteiger partial charge in [0.05, 0.1) is 0 Å². The fraction of sp³-hybridized carbons (Fsp3) is 1.00. The SMILES string of the molecule is CCO[Si](CC[Si](OCC)(OCC)OC(C)CCS)(OCC)OC(C)CCS. The number of hydrogen-bond donors (Lipinski definition) is 2. The van der Waals surface area contributed by atoms with Gasteiger partial charge in [-0.3, -0.25) is 0 Å². The lowest BCUT2D eigenvalue weighted by Gasteiger charge is -2.36. The maximum Gasteiger partial charge on any atom is 0.501 e. The molecule has 2 unspecified atom stereocenters. The fourth-order valence-corrected chi connectivity index (χ4v) is 10.6. The van der Waals surface area contributed by atoms with Crippen LogP contribution in [0.15, 0.2) is 0 Å². The predicted octanol–water partition coefficient (Wildman–Crippen LogP) is 4.46. The lowest BCUT2D eigenvalue weighted by molar-refractivity contribution is 0.0258. The monoisotopic (exact) mass is 474 g/mol. The van der Waals surface area contributed by atoms with Crippen molar-refractivity contribution in [3.63, 3.8) is 0 Å². The Balaban J connectivity index is 5.48. The standard InChI is InChI=1S/C18H42O6S2Si2/c1-7-19-27(20-8-2,23-17(5)11-13-25)15-16-28(21-9-3,22-10-4)24-18(6)12-14-26/h17-18,25-26H,7-16H2,1-6H3. The van der Waals surface area contributed by atoms with Crippen LogP contribution >= 0.6 is 25.3 Å². The van der Waals surface area contributed by atoms with E-state index in [4.69, 9.17) is 26.6 Å². The van der Waals surface area contributed by atoms with Crippen LogP contribution in [0.1, 0.15) is 54.4 Å². The summed E-state index contributed by atoms with van der Waals surface area (Å²) in [6, 6.07) is 1.21. The summed E-state index contributed by atoms with van der Waals surface area (Å²) < 4.78 is 37.1. The second-order valence-electron chi connectivity index (χ2n) is 6.48. The van der Waals surface area contributed by atoms with E-state index in [0.29, 0.717) is 38.5 Å². The van der Waals surface area contributed by atoms with Crippen LogP contribution in [0.4, 0.5) is 0 Å². The normalized spacial score (nSPS) is 15.0. The first kappa shape index (κ1) is 28.9. The minimum Gasteiger partial charge on any atom is -0.374 e. The first-order chi connectivity index (χ1) is 13.4. The molecule has 0 fully saturated rings. The van der Waals surface area contributed by atoms with E-state index in [-0.39, 0.29) is 12.2 Å². The average Bonchev–Trinajstić information content (AvgIpc) is 2.61. The zero-order chi connectivity index (χ0) is 21.5. The van der Waals surface area contributed by atoms with Crippen LogP contribution in [0.25, 0.3) is 0 Å². The van der Waals surface area contributed by atoms with Crippen molar-refractivity contribution in [2.24, 2.45) is 0 Å². The third-order valence-electron chi connectivity index (χ3n) is 4.03. The van der Waals surface area contributed by atoms with Crippen molar-refractivity contribution in [2.45, 2.75) is 78.7 Å². The molecule has 0 radical (unpaired) electrons. The molecule has 2 atom stereocenters. The molecule has 0 rings (SSSR count). The summed E-state index contributed by atoms with van der Waals surface area (Å²) in [5.41, 5.74) is 0. The number of hydrogen-bond acceptors (Lipinski definition) is 8. The molecule has 0 aliphatic rings. The van der Waals surface area contributed by atoms with Crippen LogP contribution in [-0.2, 0) is 26.6 Å². The molecule has 0 aliphatic carbocycles. The number of rotatable bonds is 19. The summed E-state index contributed by atoms with van der Waals surface area (Å²) in [7, 11) is -5.78. The molecule has 0 aromatic heterocycles. The quantitative estimate of drug-likeness (QED) is 0.213. The molecule has 0 heterocycles. The molecule has 6 nitrogen and oxygen atoms in total. The molecular weight excluding hydrogens is 432 g/mol. The van der Waals surface area contributed by atoms with E-state index < -0.39 is 17.6 Å². The predicted molar refractivity (Wildman–Crippen MR) is 126 cm³/mol. The maximum atomic E-state index is 6.35. The van der Waals surface area contributed by atoms with E-state index in [1.54, 1.807) is 0 Å². The van der Waals surface area contributed by atoms with Crippen molar-refractivity contribution in [3.8, 4) is 0 Å². The smallest absolute Gasteiger partial charge is 0.374 e. The molecule has 0 aromatic rings. The van der Waals surface area contributed by atoms with Gasteiger partial charge in [-0.05, 0) is 65.9 Å². The lowest BCUT2D eigenvalue weighted by Crippen LogP contribution is -2.53. The summed E-state index contributed by atoms with van der Waals surface area (Å²) in [6.07, 6.45) is 1.71. The molecular formula is C18H42O6S2Si2. The molecule has 0 saturated carbocycles. The molecule has 0 aliphatic heterocycles. The summed E-state index contributed by atoms with van der Waals surface area (Å²) in [6.45, 7) is 14.1. The molecule has 28 heavy (non-hydrogen) atoms. The summed E-state index contributed by atoms with van der Waals surface area (Å²) >= 11 is 8.64. The first-order valence-electron chi connectivity index (χ1n) is 10.5. The Kier molecular flexibility index (Phi) is 17.1. The maximum absolute atomic E-state index is 6.35. The van der Waals surface area contributed by atoms with Gasteiger partial charge in [0, 0.05) is 50.7 Å². The Labute approximate surface area is 185 Å². The van der Waals surface area contributed by atoms with Gasteiger partial charge in [-0.1, -0.05) is 0 Å². The highest BCUT2D eigenvalue weighted by atomic mass is 32.1. The third-order valence-corrected chi connectivity index (χ3v) is 11.2. The van der Waals surface area contributed by atoms with Crippen LogP contribution in [0.3, 0.4) is 0 Å². The highest BCUT2D eigenvalue weighted by Crippen LogP contribution is 2.29. The highest BCUT2D eigenvalue weighted by Gasteiger charge is 2.50. The van der Waals surface area contributed by atoms with E-state index in [1.807, 2.05) is 41.5 Å². The molecule has 0 bridgehead atoms. The molecule has 0 spiro atoms. The van der Waals surface area contributed by atoms with Crippen LogP contribution < -0.4 is 0 Å². The van der Waals surface area contributed by atoms with Crippen molar-refractivity contribution in [1.82, 2.24) is 0 Å². The van der Waals surface area contributed by atoms with Gasteiger partial charge in [0.15, 0.2) is 0 Å². The summed E-state index contributed by atoms with van der Waals surface area (Å²) in [4.78, 5) is 0. The van der Waals surface area contributed by atoms with E-state index in [1.165, 1.54) is 0 Å². The molecule has 10 heteroatoms. The highest BCUT2D eigenvalue weighted by molar-refractivity contribution is 7.80.